The highest BCUT2D eigenvalue weighted by molar-refractivity contribution is 7.82. The highest BCUT2D eigenvalue weighted by Gasteiger charge is 2.63. The molecule has 2 saturated carbocycles. The minimum Gasteiger partial charge on any atom is -0.468 e. The summed E-state index contributed by atoms with van der Waals surface area (Å²) in [6, 6.07) is 6.41. The van der Waals surface area contributed by atoms with Gasteiger partial charge in [-0.15, -0.1) is 0 Å². The third-order valence-electron chi connectivity index (χ3n) is 7.42. The Labute approximate surface area is 160 Å². The average molecular weight is 394 g/mol. The van der Waals surface area contributed by atoms with Crippen LogP contribution in [0.15, 0.2) is 18.2 Å². The van der Waals surface area contributed by atoms with Crippen LogP contribution in [0.3, 0.4) is 0 Å². The van der Waals surface area contributed by atoms with E-state index in [-0.39, 0.29) is 24.4 Å². The summed E-state index contributed by atoms with van der Waals surface area (Å²) in [6.45, 7) is 2.47. The van der Waals surface area contributed by atoms with Crippen LogP contribution < -0.4 is 4.74 Å². The molecule has 27 heavy (non-hydrogen) atoms. The summed E-state index contributed by atoms with van der Waals surface area (Å²) in [4.78, 5) is 0. The minimum atomic E-state index is -3.81. The van der Waals surface area contributed by atoms with Gasteiger partial charge in [-0.25, -0.2) is 8.37 Å². The maximum absolute atomic E-state index is 11.7. The quantitative estimate of drug-likeness (QED) is 0.734. The van der Waals surface area contributed by atoms with E-state index in [1.165, 1.54) is 11.1 Å². The van der Waals surface area contributed by atoms with E-state index in [9.17, 15) is 8.42 Å². The third-order valence-corrected chi connectivity index (χ3v) is 8.34. The van der Waals surface area contributed by atoms with Crippen molar-refractivity contribution in [2.24, 2.45) is 17.3 Å². The van der Waals surface area contributed by atoms with Crippen LogP contribution in [0.25, 0.3) is 0 Å². The SMILES string of the molecule is COCOc1ccc2c(c1)CC[C@H]1C3C[C@@H]4OS(=O)(=O)O[C@@H]4[C@@]3(C)CC[C@H]21. The molecule has 3 fully saturated rings. The molecule has 6 atom stereocenters. The monoisotopic (exact) mass is 394 g/mol. The summed E-state index contributed by atoms with van der Waals surface area (Å²) in [5, 5.41) is 0. The number of rotatable bonds is 3. The first-order chi connectivity index (χ1) is 12.9. The molecule has 1 aromatic rings. The van der Waals surface area contributed by atoms with Crippen molar-refractivity contribution in [1.29, 1.82) is 0 Å². The topological polar surface area (TPSA) is 71.1 Å². The summed E-state index contributed by atoms with van der Waals surface area (Å²) in [6.07, 6.45) is 4.34. The van der Waals surface area contributed by atoms with Gasteiger partial charge < -0.3 is 9.47 Å². The van der Waals surface area contributed by atoms with Crippen LogP contribution in [0.2, 0.25) is 0 Å². The first-order valence-electron chi connectivity index (χ1n) is 9.77. The van der Waals surface area contributed by atoms with E-state index in [1.54, 1.807) is 7.11 Å². The smallest absolute Gasteiger partial charge is 0.400 e. The summed E-state index contributed by atoms with van der Waals surface area (Å²) in [5.74, 6) is 2.39. The van der Waals surface area contributed by atoms with Gasteiger partial charge in [0.05, 0.1) is 0 Å². The molecule has 148 valence electrons. The molecule has 1 unspecified atom stereocenters. The molecule has 0 bridgehead atoms. The molecule has 0 aromatic heterocycles. The maximum atomic E-state index is 11.7. The Bertz CT molecular complexity index is 852. The predicted molar refractivity (Wildman–Crippen MR) is 97.6 cm³/mol. The second-order valence-electron chi connectivity index (χ2n) is 8.67. The van der Waals surface area contributed by atoms with E-state index in [0.717, 1.165) is 37.9 Å². The summed E-state index contributed by atoms with van der Waals surface area (Å²) < 4.78 is 44.7. The molecule has 0 N–H and O–H groups in total. The molecule has 0 spiro atoms. The third kappa shape index (κ3) is 2.74. The Hall–Kier alpha value is -1.15. The predicted octanol–water partition coefficient (Wildman–Crippen LogP) is 3.16. The number of ether oxygens (including phenoxy) is 2. The normalized spacial score (nSPS) is 41.3. The Morgan fingerprint density at radius 2 is 2.11 bits per heavy atom. The summed E-state index contributed by atoms with van der Waals surface area (Å²) in [7, 11) is -2.19. The van der Waals surface area contributed by atoms with Gasteiger partial charge in [0.2, 0.25) is 0 Å². The first-order valence-corrected chi connectivity index (χ1v) is 11.1. The van der Waals surface area contributed by atoms with Crippen LogP contribution in [0, 0.1) is 17.3 Å². The van der Waals surface area contributed by atoms with Crippen molar-refractivity contribution in [2.45, 2.75) is 57.2 Å². The number of fused-ring (bicyclic) bond motifs is 7. The van der Waals surface area contributed by atoms with Crippen LogP contribution in [0.4, 0.5) is 0 Å². The molecule has 3 aliphatic carbocycles. The molecule has 1 aliphatic heterocycles. The van der Waals surface area contributed by atoms with Crippen molar-refractivity contribution in [3.8, 4) is 5.75 Å². The first kappa shape index (κ1) is 17.9. The number of hydrogen-bond donors (Lipinski definition) is 0. The maximum Gasteiger partial charge on any atom is 0.400 e. The number of aryl methyl sites for hydroxylation is 1. The Kier molecular flexibility index (Phi) is 4.10. The van der Waals surface area contributed by atoms with Crippen LogP contribution >= 0.6 is 0 Å². The lowest BCUT2D eigenvalue weighted by Crippen LogP contribution is -2.44. The standard InChI is InChI=1S/C20H26O6S/c1-20-8-7-15-14-6-4-13(24-11-23-2)9-12(14)3-5-16(15)17(20)10-18-19(20)26-27(21,22)25-18/h4,6,9,15-19H,3,5,7-8,10-11H2,1-2H3/t15-,16-,17?,18+,19+,20+/m1/s1. The van der Waals surface area contributed by atoms with Crippen LogP contribution in [0.5, 0.6) is 5.75 Å². The molecule has 1 aromatic carbocycles. The largest absolute Gasteiger partial charge is 0.468 e. The molecule has 0 amide bonds. The Morgan fingerprint density at radius 3 is 2.93 bits per heavy atom. The van der Waals surface area contributed by atoms with Crippen molar-refractivity contribution >= 4 is 10.4 Å². The van der Waals surface area contributed by atoms with E-state index in [0.29, 0.717) is 17.8 Å². The lowest BCUT2D eigenvalue weighted by atomic mass is 9.55. The molecule has 5 rings (SSSR count). The second kappa shape index (κ2) is 6.17. The zero-order chi connectivity index (χ0) is 18.8. The number of hydrogen-bond acceptors (Lipinski definition) is 6. The average Bonchev–Trinajstić information content (AvgIpc) is 3.09. The highest BCUT2D eigenvalue weighted by atomic mass is 32.3. The van der Waals surface area contributed by atoms with Crippen molar-refractivity contribution in [3.05, 3.63) is 29.3 Å². The lowest BCUT2D eigenvalue weighted by molar-refractivity contribution is -0.00572. The molecule has 7 heteroatoms. The highest BCUT2D eigenvalue weighted by Crippen LogP contribution is 2.63. The zero-order valence-corrected chi connectivity index (χ0v) is 16.5. The molecular formula is C20H26O6S. The molecular weight excluding hydrogens is 368 g/mol. The lowest BCUT2D eigenvalue weighted by Gasteiger charge is -2.50. The van der Waals surface area contributed by atoms with E-state index >= 15 is 0 Å². The van der Waals surface area contributed by atoms with Gasteiger partial charge >= 0.3 is 10.4 Å². The van der Waals surface area contributed by atoms with E-state index in [1.807, 2.05) is 6.07 Å². The molecule has 6 nitrogen and oxygen atoms in total. The number of methoxy groups -OCH3 is 1. The van der Waals surface area contributed by atoms with Gasteiger partial charge in [0.1, 0.15) is 18.0 Å². The fourth-order valence-electron chi connectivity index (χ4n) is 6.28. The van der Waals surface area contributed by atoms with Gasteiger partial charge in [-0.3, -0.25) is 0 Å². The van der Waals surface area contributed by atoms with Gasteiger partial charge in [-0.2, -0.15) is 8.42 Å². The van der Waals surface area contributed by atoms with Gasteiger partial charge in [0.25, 0.3) is 0 Å². The summed E-state index contributed by atoms with van der Waals surface area (Å²) >= 11 is 0. The Morgan fingerprint density at radius 1 is 1.26 bits per heavy atom. The van der Waals surface area contributed by atoms with Gasteiger partial charge in [-0.1, -0.05) is 13.0 Å². The van der Waals surface area contributed by atoms with Gasteiger partial charge in [0, 0.05) is 12.5 Å². The zero-order valence-electron chi connectivity index (χ0n) is 15.7. The van der Waals surface area contributed by atoms with Crippen molar-refractivity contribution in [3.63, 3.8) is 0 Å². The molecule has 4 aliphatic rings. The second-order valence-corrected chi connectivity index (χ2v) is 9.87. The van der Waals surface area contributed by atoms with Crippen LogP contribution in [-0.2, 0) is 29.9 Å². The van der Waals surface area contributed by atoms with Gasteiger partial charge in [-0.05, 0) is 73.1 Å². The molecule has 0 radical (unpaired) electrons. The van der Waals surface area contributed by atoms with Crippen molar-refractivity contribution < 1.29 is 26.3 Å². The Balaban J connectivity index is 1.41. The van der Waals surface area contributed by atoms with Crippen molar-refractivity contribution in [1.82, 2.24) is 0 Å². The fourth-order valence-corrected chi connectivity index (χ4v) is 7.41. The summed E-state index contributed by atoms with van der Waals surface area (Å²) in [5.41, 5.74) is 2.69. The van der Waals surface area contributed by atoms with E-state index in [4.69, 9.17) is 17.8 Å². The number of benzene rings is 1. The molecule has 1 heterocycles. The molecule has 1 saturated heterocycles. The van der Waals surface area contributed by atoms with Crippen LogP contribution in [-0.4, -0.2) is 34.5 Å². The van der Waals surface area contributed by atoms with E-state index in [2.05, 4.69) is 19.1 Å². The fraction of sp³-hybridized carbons (Fsp3) is 0.700. The minimum absolute atomic E-state index is 0.117. The van der Waals surface area contributed by atoms with Crippen molar-refractivity contribution in [2.75, 3.05) is 13.9 Å². The van der Waals surface area contributed by atoms with E-state index < -0.39 is 10.4 Å². The van der Waals surface area contributed by atoms with Crippen LogP contribution in [0.1, 0.15) is 49.7 Å². The van der Waals surface area contributed by atoms with Gasteiger partial charge in [0.15, 0.2) is 6.79 Å².